The SMILES string of the molecule is Cc1cc(C(=O)CSc2ccc([N+](=O)[O-])cc2)c(C)n1C. The van der Waals surface area contributed by atoms with Crippen LogP contribution in [0, 0.1) is 24.0 Å². The fourth-order valence-electron chi connectivity index (χ4n) is 2.03. The van der Waals surface area contributed by atoms with Gasteiger partial charge in [0.1, 0.15) is 0 Å². The molecule has 0 unspecified atom stereocenters. The summed E-state index contributed by atoms with van der Waals surface area (Å²) < 4.78 is 1.99. The van der Waals surface area contributed by atoms with Crippen molar-refractivity contribution in [3.8, 4) is 0 Å². The van der Waals surface area contributed by atoms with Gasteiger partial charge in [0, 0.05) is 41.0 Å². The lowest BCUT2D eigenvalue weighted by atomic mass is 10.2. The smallest absolute Gasteiger partial charge is 0.269 e. The predicted molar refractivity (Wildman–Crippen MR) is 83.0 cm³/mol. The average molecular weight is 304 g/mol. The van der Waals surface area contributed by atoms with Crippen molar-refractivity contribution >= 4 is 23.2 Å². The molecule has 2 rings (SSSR count). The molecule has 1 aromatic heterocycles. The number of Topliss-reactive ketones (excluding diaryl/α,β-unsaturated/α-hetero) is 1. The summed E-state index contributed by atoms with van der Waals surface area (Å²) in [7, 11) is 1.94. The predicted octanol–water partition coefficient (Wildman–Crippen LogP) is 3.53. The Hall–Kier alpha value is -2.08. The van der Waals surface area contributed by atoms with Gasteiger partial charge in [0.25, 0.3) is 5.69 Å². The molecule has 110 valence electrons. The van der Waals surface area contributed by atoms with Crippen molar-refractivity contribution in [1.29, 1.82) is 0 Å². The number of non-ortho nitro benzene ring substituents is 1. The number of aromatic nitrogens is 1. The number of nitro benzene ring substituents is 1. The number of ketones is 1. The molecule has 0 fully saturated rings. The Labute approximate surface area is 127 Å². The van der Waals surface area contributed by atoms with Crippen LogP contribution in [0.25, 0.3) is 0 Å². The minimum absolute atomic E-state index is 0.0557. The second-order valence-corrected chi connectivity index (χ2v) is 5.86. The topological polar surface area (TPSA) is 65.1 Å². The van der Waals surface area contributed by atoms with E-state index in [4.69, 9.17) is 0 Å². The number of thioether (sulfide) groups is 1. The van der Waals surface area contributed by atoms with Crippen LogP contribution in [-0.4, -0.2) is 21.0 Å². The normalized spacial score (nSPS) is 10.6. The zero-order valence-electron chi connectivity index (χ0n) is 12.1. The molecule has 5 nitrogen and oxygen atoms in total. The largest absolute Gasteiger partial charge is 0.351 e. The molecule has 6 heteroatoms. The summed E-state index contributed by atoms with van der Waals surface area (Å²) >= 11 is 1.39. The highest BCUT2D eigenvalue weighted by Crippen LogP contribution is 2.23. The minimum atomic E-state index is -0.435. The number of carbonyl (C=O) groups excluding carboxylic acids is 1. The van der Waals surface area contributed by atoms with Gasteiger partial charge in [-0.15, -0.1) is 11.8 Å². The lowest BCUT2D eigenvalue weighted by molar-refractivity contribution is -0.384. The quantitative estimate of drug-likeness (QED) is 0.367. The highest BCUT2D eigenvalue weighted by Gasteiger charge is 2.14. The van der Waals surface area contributed by atoms with Gasteiger partial charge in [-0.3, -0.25) is 14.9 Å². The highest BCUT2D eigenvalue weighted by atomic mass is 32.2. The van der Waals surface area contributed by atoms with Crippen molar-refractivity contribution in [2.75, 3.05) is 5.75 Å². The van der Waals surface area contributed by atoms with E-state index >= 15 is 0 Å². The van der Waals surface area contributed by atoms with Gasteiger partial charge in [-0.25, -0.2) is 0 Å². The molecular weight excluding hydrogens is 288 g/mol. The molecular formula is C15H16N2O3S. The van der Waals surface area contributed by atoms with Gasteiger partial charge < -0.3 is 4.57 Å². The van der Waals surface area contributed by atoms with Crippen LogP contribution in [-0.2, 0) is 7.05 Å². The summed E-state index contributed by atoms with van der Waals surface area (Å²) in [6, 6.07) is 8.13. The molecule has 0 N–H and O–H groups in total. The maximum atomic E-state index is 12.2. The van der Waals surface area contributed by atoms with Gasteiger partial charge in [-0.05, 0) is 32.0 Å². The average Bonchev–Trinajstić information content (AvgIpc) is 2.73. The molecule has 0 amide bonds. The number of nitrogens with zero attached hydrogens (tertiary/aromatic N) is 2. The fourth-order valence-corrected chi connectivity index (χ4v) is 2.81. The van der Waals surface area contributed by atoms with Gasteiger partial charge in [0.2, 0.25) is 0 Å². The second kappa shape index (κ2) is 6.13. The first kappa shape index (κ1) is 15.3. The van der Waals surface area contributed by atoms with E-state index in [2.05, 4.69) is 0 Å². The van der Waals surface area contributed by atoms with Gasteiger partial charge >= 0.3 is 0 Å². The maximum absolute atomic E-state index is 12.2. The zero-order chi connectivity index (χ0) is 15.6. The number of carbonyl (C=O) groups is 1. The van der Waals surface area contributed by atoms with Crippen LogP contribution in [0.15, 0.2) is 35.2 Å². The molecule has 0 spiro atoms. The number of hydrogen-bond acceptors (Lipinski definition) is 4. The zero-order valence-corrected chi connectivity index (χ0v) is 12.9. The van der Waals surface area contributed by atoms with Crippen LogP contribution in [0.5, 0.6) is 0 Å². The molecule has 1 aromatic carbocycles. The standard InChI is InChI=1S/C15H16N2O3S/c1-10-8-14(11(2)16(10)3)15(18)9-21-13-6-4-12(5-7-13)17(19)20/h4-8H,9H2,1-3H3. The van der Waals surface area contributed by atoms with E-state index in [9.17, 15) is 14.9 Å². The highest BCUT2D eigenvalue weighted by molar-refractivity contribution is 8.00. The molecule has 0 aliphatic carbocycles. The van der Waals surface area contributed by atoms with Crippen molar-refractivity contribution < 1.29 is 9.72 Å². The van der Waals surface area contributed by atoms with E-state index in [1.807, 2.05) is 31.5 Å². The third kappa shape index (κ3) is 3.33. The fraction of sp³-hybridized carbons (Fsp3) is 0.267. The van der Waals surface area contributed by atoms with Gasteiger partial charge in [0.15, 0.2) is 5.78 Å². The first-order chi connectivity index (χ1) is 9.90. The molecule has 2 aromatic rings. The van der Waals surface area contributed by atoms with Crippen molar-refractivity contribution in [2.45, 2.75) is 18.7 Å². The van der Waals surface area contributed by atoms with E-state index < -0.39 is 4.92 Å². The summed E-state index contributed by atoms with van der Waals surface area (Å²) in [6.45, 7) is 3.89. The van der Waals surface area contributed by atoms with E-state index in [1.54, 1.807) is 12.1 Å². The van der Waals surface area contributed by atoms with Crippen LogP contribution < -0.4 is 0 Å². The van der Waals surface area contributed by atoms with Crippen molar-refractivity contribution in [1.82, 2.24) is 4.57 Å². The first-order valence-corrected chi connectivity index (χ1v) is 7.42. The molecule has 0 radical (unpaired) electrons. The Morgan fingerprint density at radius 3 is 2.38 bits per heavy atom. The Kier molecular flexibility index (Phi) is 4.47. The third-order valence-corrected chi connectivity index (χ3v) is 4.51. The van der Waals surface area contributed by atoms with Gasteiger partial charge in [-0.1, -0.05) is 0 Å². The van der Waals surface area contributed by atoms with Crippen molar-refractivity contribution in [2.24, 2.45) is 7.05 Å². The summed E-state index contributed by atoms with van der Waals surface area (Å²) in [6.07, 6.45) is 0. The molecule has 1 heterocycles. The van der Waals surface area contributed by atoms with E-state index in [-0.39, 0.29) is 11.5 Å². The third-order valence-electron chi connectivity index (χ3n) is 3.49. The number of rotatable bonds is 5. The number of aryl methyl sites for hydroxylation is 1. The van der Waals surface area contributed by atoms with Crippen LogP contribution in [0.2, 0.25) is 0 Å². The molecule has 21 heavy (non-hydrogen) atoms. The number of benzene rings is 1. The Morgan fingerprint density at radius 2 is 1.90 bits per heavy atom. The monoisotopic (exact) mass is 304 g/mol. The summed E-state index contributed by atoms with van der Waals surface area (Å²) in [5, 5.41) is 10.6. The Bertz CT molecular complexity index is 690. The summed E-state index contributed by atoms with van der Waals surface area (Å²) in [5.41, 5.74) is 2.81. The van der Waals surface area contributed by atoms with Gasteiger partial charge in [0.05, 0.1) is 10.7 Å². The van der Waals surface area contributed by atoms with Crippen LogP contribution in [0.4, 0.5) is 5.69 Å². The number of nitro groups is 1. The molecule has 0 atom stereocenters. The lowest BCUT2D eigenvalue weighted by Gasteiger charge is -2.03. The summed E-state index contributed by atoms with van der Waals surface area (Å²) in [5.74, 6) is 0.391. The molecule has 0 bridgehead atoms. The molecule has 0 saturated carbocycles. The van der Waals surface area contributed by atoms with E-state index in [0.29, 0.717) is 5.75 Å². The maximum Gasteiger partial charge on any atom is 0.269 e. The van der Waals surface area contributed by atoms with Crippen molar-refractivity contribution in [3.63, 3.8) is 0 Å². The van der Waals surface area contributed by atoms with Gasteiger partial charge in [-0.2, -0.15) is 0 Å². The van der Waals surface area contributed by atoms with Crippen LogP contribution in [0.1, 0.15) is 21.7 Å². The minimum Gasteiger partial charge on any atom is -0.351 e. The van der Waals surface area contributed by atoms with E-state index in [0.717, 1.165) is 21.8 Å². The lowest BCUT2D eigenvalue weighted by Crippen LogP contribution is -2.04. The number of hydrogen-bond donors (Lipinski definition) is 0. The first-order valence-electron chi connectivity index (χ1n) is 6.43. The van der Waals surface area contributed by atoms with Crippen molar-refractivity contribution in [3.05, 3.63) is 57.4 Å². The molecule has 0 aliphatic heterocycles. The van der Waals surface area contributed by atoms with Crippen LogP contribution >= 0.6 is 11.8 Å². The Balaban J connectivity index is 2.04. The van der Waals surface area contributed by atoms with Crippen LogP contribution in [0.3, 0.4) is 0 Å². The molecule has 0 aliphatic rings. The Morgan fingerprint density at radius 1 is 1.29 bits per heavy atom. The molecule has 0 saturated heterocycles. The summed E-state index contributed by atoms with van der Waals surface area (Å²) in [4.78, 5) is 23.2. The van der Waals surface area contributed by atoms with E-state index in [1.165, 1.54) is 23.9 Å². The second-order valence-electron chi connectivity index (χ2n) is 4.81.